The van der Waals surface area contributed by atoms with E-state index in [1.165, 1.54) is 0 Å². The molecule has 0 radical (unpaired) electrons. The molecule has 0 aliphatic carbocycles. The van der Waals surface area contributed by atoms with Crippen molar-refractivity contribution in [1.82, 2.24) is 24.8 Å². The minimum Gasteiger partial charge on any atom is -0.383 e. The molecule has 7 nitrogen and oxygen atoms in total. The van der Waals surface area contributed by atoms with Crippen LogP contribution < -0.4 is 15.9 Å². The molecular weight excluding hydrogens is 340 g/mol. The number of hydrogen-bond donors (Lipinski definition) is 2. The zero-order valence-corrected chi connectivity index (χ0v) is 15.7. The number of aromatic nitrogens is 4. The molecule has 0 saturated heterocycles. The highest BCUT2D eigenvalue weighted by Gasteiger charge is 2.21. The maximum atomic E-state index is 12.5. The first-order valence-electron chi connectivity index (χ1n) is 9.30. The van der Waals surface area contributed by atoms with Crippen LogP contribution >= 0.6 is 0 Å². The van der Waals surface area contributed by atoms with Crippen molar-refractivity contribution >= 4 is 22.7 Å². The summed E-state index contributed by atoms with van der Waals surface area (Å²) in [4.78, 5) is 26.7. The van der Waals surface area contributed by atoms with Crippen molar-refractivity contribution < 1.29 is 0 Å². The van der Waals surface area contributed by atoms with Gasteiger partial charge in [0.2, 0.25) is 0 Å². The Labute approximate surface area is 157 Å². The lowest BCUT2D eigenvalue weighted by Crippen LogP contribution is -2.31. The number of aromatic amines is 1. The molecule has 0 bridgehead atoms. The number of pyridine rings is 2. The fourth-order valence-electron chi connectivity index (χ4n) is 3.38. The van der Waals surface area contributed by atoms with Crippen molar-refractivity contribution in [2.45, 2.75) is 20.3 Å². The van der Waals surface area contributed by atoms with Crippen LogP contribution in [-0.4, -0.2) is 39.2 Å². The zero-order valence-electron chi connectivity index (χ0n) is 15.7. The van der Waals surface area contributed by atoms with Crippen molar-refractivity contribution in [1.29, 1.82) is 0 Å². The number of imidazole rings is 1. The molecule has 3 aromatic heterocycles. The second-order valence-corrected chi connectivity index (χ2v) is 7.25. The minimum absolute atomic E-state index is 0.240. The van der Waals surface area contributed by atoms with E-state index in [0.29, 0.717) is 22.9 Å². The summed E-state index contributed by atoms with van der Waals surface area (Å²) in [6.45, 7) is 11.2. The van der Waals surface area contributed by atoms with Gasteiger partial charge in [-0.2, -0.15) is 0 Å². The van der Waals surface area contributed by atoms with Gasteiger partial charge < -0.3 is 10.2 Å². The van der Waals surface area contributed by atoms with Gasteiger partial charge in [-0.1, -0.05) is 20.4 Å². The molecular formula is C20H24N6O. The Balaban J connectivity index is 1.84. The standard InChI is InChI=1S/C20H24N6O/c1-13(2)8-11-25-12-10-21-14(3)15-6-7-17(23-19(15)25)26-16-5-4-9-22-18(16)24-20(26)27/h4-7,9,13,21H,3,8,10-12H2,1-2H3,(H,22,24,27). The number of anilines is 1. The number of nitrogens with zero attached hydrogens (tertiary/aromatic N) is 4. The summed E-state index contributed by atoms with van der Waals surface area (Å²) >= 11 is 0. The highest BCUT2D eigenvalue weighted by atomic mass is 16.1. The highest BCUT2D eigenvalue weighted by molar-refractivity contribution is 5.76. The molecule has 140 valence electrons. The second kappa shape index (κ2) is 6.90. The van der Waals surface area contributed by atoms with Crippen LogP contribution in [0.2, 0.25) is 0 Å². The van der Waals surface area contributed by atoms with Crippen LogP contribution in [0.1, 0.15) is 25.8 Å². The number of fused-ring (bicyclic) bond motifs is 2. The Morgan fingerprint density at radius 1 is 1.30 bits per heavy atom. The first kappa shape index (κ1) is 17.3. The fraction of sp³-hybridized carbons (Fsp3) is 0.350. The predicted octanol–water partition coefficient (Wildman–Crippen LogP) is 2.54. The summed E-state index contributed by atoms with van der Waals surface area (Å²) in [5.41, 5.74) is 2.88. The third-order valence-corrected chi connectivity index (χ3v) is 4.87. The lowest BCUT2D eigenvalue weighted by Gasteiger charge is -2.24. The topological polar surface area (TPSA) is 78.8 Å². The molecule has 0 saturated carbocycles. The van der Waals surface area contributed by atoms with Gasteiger partial charge in [-0.05, 0) is 36.6 Å². The number of nitrogens with one attached hydrogen (secondary N) is 2. The minimum atomic E-state index is -0.240. The van der Waals surface area contributed by atoms with E-state index in [9.17, 15) is 4.79 Å². The van der Waals surface area contributed by atoms with Gasteiger partial charge in [0.15, 0.2) is 5.65 Å². The maximum Gasteiger partial charge on any atom is 0.333 e. The Morgan fingerprint density at radius 3 is 2.96 bits per heavy atom. The van der Waals surface area contributed by atoms with Gasteiger partial charge in [0.25, 0.3) is 0 Å². The van der Waals surface area contributed by atoms with Crippen LogP contribution in [0.4, 0.5) is 5.82 Å². The van der Waals surface area contributed by atoms with Crippen molar-refractivity contribution in [2.24, 2.45) is 5.92 Å². The van der Waals surface area contributed by atoms with E-state index in [4.69, 9.17) is 4.98 Å². The highest BCUT2D eigenvalue weighted by Crippen LogP contribution is 2.27. The third kappa shape index (κ3) is 3.20. The largest absolute Gasteiger partial charge is 0.383 e. The molecule has 27 heavy (non-hydrogen) atoms. The average Bonchev–Trinajstić information content (AvgIpc) is 2.90. The Morgan fingerprint density at radius 2 is 2.15 bits per heavy atom. The Bertz CT molecular complexity index is 1050. The van der Waals surface area contributed by atoms with Gasteiger partial charge in [-0.3, -0.25) is 4.98 Å². The molecule has 0 unspecified atom stereocenters. The quantitative estimate of drug-likeness (QED) is 0.744. The van der Waals surface area contributed by atoms with E-state index in [1.54, 1.807) is 10.8 Å². The van der Waals surface area contributed by atoms with Crippen LogP contribution in [-0.2, 0) is 0 Å². The fourth-order valence-corrected chi connectivity index (χ4v) is 3.38. The first-order chi connectivity index (χ1) is 13.0. The molecule has 0 amide bonds. The van der Waals surface area contributed by atoms with E-state index in [1.807, 2.05) is 24.3 Å². The molecule has 3 aromatic rings. The summed E-state index contributed by atoms with van der Waals surface area (Å²) in [5, 5.41) is 3.35. The average molecular weight is 364 g/mol. The molecule has 4 heterocycles. The molecule has 1 aliphatic heterocycles. The molecule has 0 aromatic carbocycles. The van der Waals surface area contributed by atoms with Crippen LogP contribution in [0.3, 0.4) is 0 Å². The molecule has 0 fully saturated rings. The van der Waals surface area contributed by atoms with Gasteiger partial charge in [-0.15, -0.1) is 0 Å². The lowest BCUT2D eigenvalue weighted by molar-refractivity contribution is 0.570. The van der Waals surface area contributed by atoms with E-state index in [2.05, 4.69) is 40.6 Å². The second-order valence-electron chi connectivity index (χ2n) is 7.25. The van der Waals surface area contributed by atoms with Gasteiger partial charge in [0.05, 0.1) is 5.52 Å². The van der Waals surface area contributed by atoms with Gasteiger partial charge in [0, 0.05) is 37.1 Å². The summed E-state index contributed by atoms with van der Waals surface area (Å²) in [6.07, 6.45) is 2.74. The van der Waals surface area contributed by atoms with Gasteiger partial charge >= 0.3 is 5.69 Å². The van der Waals surface area contributed by atoms with E-state index >= 15 is 0 Å². The SMILES string of the molecule is C=C1NCCN(CCC(C)C)c2nc(-n3c(=O)[nH]c4ncccc43)ccc21. The van der Waals surface area contributed by atoms with Crippen molar-refractivity contribution in [2.75, 3.05) is 24.5 Å². The lowest BCUT2D eigenvalue weighted by atomic mass is 10.1. The van der Waals surface area contributed by atoms with Crippen LogP contribution in [0.25, 0.3) is 22.7 Å². The van der Waals surface area contributed by atoms with Crippen LogP contribution in [0.5, 0.6) is 0 Å². The number of H-pyrrole nitrogens is 1. The molecule has 4 rings (SSSR count). The van der Waals surface area contributed by atoms with E-state index in [0.717, 1.165) is 43.1 Å². The number of hydrogen-bond acceptors (Lipinski definition) is 5. The van der Waals surface area contributed by atoms with E-state index in [-0.39, 0.29) is 5.69 Å². The zero-order chi connectivity index (χ0) is 19.0. The predicted molar refractivity (Wildman–Crippen MR) is 108 cm³/mol. The van der Waals surface area contributed by atoms with Gasteiger partial charge in [0.1, 0.15) is 11.6 Å². The smallest absolute Gasteiger partial charge is 0.333 e. The van der Waals surface area contributed by atoms with E-state index < -0.39 is 0 Å². The Hall–Kier alpha value is -3.09. The summed E-state index contributed by atoms with van der Waals surface area (Å²) in [7, 11) is 0. The monoisotopic (exact) mass is 364 g/mol. The summed E-state index contributed by atoms with van der Waals surface area (Å²) in [5.74, 6) is 2.06. The maximum absolute atomic E-state index is 12.5. The Kier molecular flexibility index (Phi) is 4.43. The summed E-state index contributed by atoms with van der Waals surface area (Å²) < 4.78 is 1.57. The number of rotatable bonds is 4. The molecule has 1 aliphatic rings. The molecule has 2 N–H and O–H groups in total. The van der Waals surface area contributed by atoms with Crippen molar-refractivity contribution in [3.8, 4) is 5.82 Å². The van der Waals surface area contributed by atoms with Crippen LogP contribution in [0.15, 0.2) is 41.8 Å². The molecule has 0 spiro atoms. The molecule has 7 heteroatoms. The van der Waals surface area contributed by atoms with Crippen molar-refractivity contribution in [3.63, 3.8) is 0 Å². The van der Waals surface area contributed by atoms with Crippen LogP contribution in [0, 0.1) is 5.92 Å². The van der Waals surface area contributed by atoms with Crippen molar-refractivity contribution in [3.05, 3.63) is 53.1 Å². The summed E-state index contributed by atoms with van der Waals surface area (Å²) in [6, 6.07) is 7.53. The third-order valence-electron chi connectivity index (χ3n) is 4.87. The molecule has 0 atom stereocenters. The van der Waals surface area contributed by atoms with Gasteiger partial charge in [-0.25, -0.2) is 19.3 Å². The normalized spacial score (nSPS) is 14.3. The first-order valence-corrected chi connectivity index (χ1v) is 9.30.